The highest BCUT2D eigenvalue weighted by molar-refractivity contribution is 7.98. The van der Waals surface area contributed by atoms with Crippen LogP contribution >= 0.6 is 11.8 Å². The standard InChI is InChI=1S/C15H21NO2S/c1-19-15-10-14-13(17-6-7-18-14)9-11(15)8-12-4-2-3-5-16-12/h9-10,12,16H,2-8H2,1H3. The van der Waals surface area contributed by atoms with Gasteiger partial charge in [0.15, 0.2) is 11.5 Å². The lowest BCUT2D eigenvalue weighted by Crippen LogP contribution is -2.35. The third-order valence-electron chi connectivity index (χ3n) is 3.82. The highest BCUT2D eigenvalue weighted by atomic mass is 32.2. The number of hydrogen-bond acceptors (Lipinski definition) is 4. The summed E-state index contributed by atoms with van der Waals surface area (Å²) in [6.45, 7) is 2.47. The summed E-state index contributed by atoms with van der Waals surface area (Å²) < 4.78 is 11.4. The molecule has 0 aliphatic carbocycles. The number of hydrogen-bond donors (Lipinski definition) is 1. The van der Waals surface area contributed by atoms with Crippen molar-refractivity contribution in [3.63, 3.8) is 0 Å². The van der Waals surface area contributed by atoms with Gasteiger partial charge < -0.3 is 14.8 Å². The summed E-state index contributed by atoms with van der Waals surface area (Å²) in [6, 6.07) is 4.93. The van der Waals surface area contributed by atoms with Gasteiger partial charge in [-0.05, 0) is 49.8 Å². The highest BCUT2D eigenvalue weighted by Crippen LogP contribution is 2.37. The normalized spacial score (nSPS) is 22.3. The quantitative estimate of drug-likeness (QED) is 0.862. The SMILES string of the molecule is CSc1cc2c(cc1CC1CCCCN1)OCCO2. The van der Waals surface area contributed by atoms with Gasteiger partial charge >= 0.3 is 0 Å². The van der Waals surface area contributed by atoms with E-state index in [0.29, 0.717) is 19.3 Å². The van der Waals surface area contributed by atoms with Crippen molar-refractivity contribution >= 4 is 11.8 Å². The van der Waals surface area contributed by atoms with E-state index in [1.54, 1.807) is 11.8 Å². The molecule has 0 aromatic heterocycles. The Kier molecular flexibility index (Phi) is 4.18. The minimum atomic E-state index is 0.613. The van der Waals surface area contributed by atoms with Crippen molar-refractivity contribution in [1.82, 2.24) is 5.32 Å². The number of benzene rings is 1. The lowest BCUT2D eigenvalue weighted by atomic mass is 9.97. The van der Waals surface area contributed by atoms with Crippen LogP contribution in [0.5, 0.6) is 11.5 Å². The van der Waals surface area contributed by atoms with E-state index in [0.717, 1.165) is 24.5 Å². The number of fused-ring (bicyclic) bond motifs is 1. The van der Waals surface area contributed by atoms with E-state index >= 15 is 0 Å². The van der Waals surface area contributed by atoms with Crippen LogP contribution in [0.1, 0.15) is 24.8 Å². The molecule has 0 radical (unpaired) electrons. The predicted octanol–water partition coefficient (Wildman–Crippen LogP) is 2.86. The summed E-state index contributed by atoms with van der Waals surface area (Å²) >= 11 is 1.79. The Morgan fingerprint density at radius 3 is 2.68 bits per heavy atom. The number of thioether (sulfide) groups is 1. The topological polar surface area (TPSA) is 30.5 Å². The molecule has 19 heavy (non-hydrogen) atoms. The van der Waals surface area contributed by atoms with Gasteiger partial charge in [-0.25, -0.2) is 0 Å². The van der Waals surface area contributed by atoms with Crippen LogP contribution in [0.2, 0.25) is 0 Å². The molecule has 0 amide bonds. The molecule has 0 spiro atoms. The van der Waals surface area contributed by atoms with Gasteiger partial charge in [0.05, 0.1) is 0 Å². The molecular formula is C15H21NO2S. The molecular weight excluding hydrogens is 258 g/mol. The fourth-order valence-electron chi connectivity index (χ4n) is 2.83. The first-order chi connectivity index (χ1) is 9.36. The molecule has 104 valence electrons. The second kappa shape index (κ2) is 6.06. The Bertz CT molecular complexity index is 444. The Morgan fingerprint density at radius 2 is 2.00 bits per heavy atom. The Balaban J connectivity index is 1.82. The van der Waals surface area contributed by atoms with Gasteiger partial charge in [0.1, 0.15) is 13.2 Å². The molecule has 1 aromatic rings. The first-order valence-corrected chi connectivity index (χ1v) is 8.29. The monoisotopic (exact) mass is 279 g/mol. The summed E-state index contributed by atoms with van der Waals surface area (Å²) in [5.41, 5.74) is 1.39. The molecule has 1 fully saturated rings. The molecule has 1 atom stereocenters. The van der Waals surface area contributed by atoms with Crippen molar-refractivity contribution in [3.05, 3.63) is 17.7 Å². The van der Waals surface area contributed by atoms with Crippen LogP contribution < -0.4 is 14.8 Å². The molecule has 1 saturated heterocycles. The van der Waals surface area contributed by atoms with E-state index < -0.39 is 0 Å². The van der Waals surface area contributed by atoms with Crippen LogP contribution in [0.3, 0.4) is 0 Å². The molecule has 1 unspecified atom stereocenters. The first kappa shape index (κ1) is 13.1. The molecule has 1 aromatic carbocycles. The van der Waals surface area contributed by atoms with E-state index in [9.17, 15) is 0 Å². The summed E-state index contributed by atoms with van der Waals surface area (Å²) in [5.74, 6) is 1.81. The zero-order chi connectivity index (χ0) is 13.1. The molecule has 2 aliphatic heterocycles. The summed E-state index contributed by atoms with van der Waals surface area (Å²) in [5, 5.41) is 3.62. The van der Waals surface area contributed by atoms with Gasteiger partial charge in [-0.15, -0.1) is 11.8 Å². The Morgan fingerprint density at radius 1 is 1.21 bits per heavy atom. The van der Waals surface area contributed by atoms with E-state index in [-0.39, 0.29) is 0 Å². The minimum absolute atomic E-state index is 0.613. The van der Waals surface area contributed by atoms with Crippen molar-refractivity contribution in [2.24, 2.45) is 0 Å². The van der Waals surface area contributed by atoms with E-state index in [1.807, 2.05) is 0 Å². The van der Waals surface area contributed by atoms with Gasteiger partial charge in [-0.1, -0.05) is 6.42 Å². The van der Waals surface area contributed by atoms with Crippen LogP contribution in [0.15, 0.2) is 17.0 Å². The lowest BCUT2D eigenvalue weighted by molar-refractivity contribution is 0.171. The van der Waals surface area contributed by atoms with Crippen LogP contribution in [0.4, 0.5) is 0 Å². The lowest BCUT2D eigenvalue weighted by Gasteiger charge is -2.26. The molecule has 2 heterocycles. The molecule has 4 heteroatoms. The van der Waals surface area contributed by atoms with E-state index in [1.165, 1.54) is 29.7 Å². The van der Waals surface area contributed by atoms with Gasteiger partial charge in [0.25, 0.3) is 0 Å². The maximum Gasteiger partial charge on any atom is 0.162 e. The summed E-state index contributed by atoms with van der Waals surface area (Å²) in [6.07, 6.45) is 7.15. The summed E-state index contributed by atoms with van der Waals surface area (Å²) in [7, 11) is 0. The zero-order valence-corrected chi connectivity index (χ0v) is 12.2. The molecule has 2 aliphatic rings. The van der Waals surface area contributed by atoms with Gasteiger partial charge in [-0.2, -0.15) is 0 Å². The van der Waals surface area contributed by atoms with Crippen molar-refractivity contribution in [1.29, 1.82) is 0 Å². The van der Waals surface area contributed by atoms with Crippen LogP contribution in [-0.2, 0) is 6.42 Å². The minimum Gasteiger partial charge on any atom is -0.486 e. The average molecular weight is 279 g/mol. The van der Waals surface area contributed by atoms with Gasteiger partial charge in [0.2, 0.25) is 0 Å². The van der Waals surface area contributed by atoms with Crippen molar-refractivity contribution in [2.75, 3.05) is 26.0 Å². The Labute approximate surface area is 119 Å². The van der Waals surface area contributed by atoms with Crippen molar-refractivity contribution in [3.8, 4) is 11.5 Å². The highest BCUT2D eigenvalue weighted by Gasteiger charge is 2.19. The third-order valence-corrected chi connectivity index (χ3v) is 4.64. The number of ether oxygens (including phenoxy) is 2. The van der Waals surface area contributed by atoms with Crippen LogP contribution in [0.25, 0.3) is 0 Å². The molecule has 0 bridgehead atoms. The van der Waals surface area contributed by atoms with Crippen molar-refractivity contribution < 1.29 is 9.47 Å². The number of rotatable bonds is 3. The molecule has 3 nitrogen and oxygen atoms in total. The van der Waals surface area contributed by atoms with Crippen LogP contribution in [0, 0.1) is 0 Å². The second-order valence-electron chi connectivity index (χ2n) is 5.16. The van der Waals surface area contributed by atoms with Gasteiger partial charge in [0, 0.05) is 10.9 Å². The fraction of sp³-hybridized carbons (Fsp3) is 0.600. The largest absolute Gasteiger partial charge is 0.486 e. The average Bonchev–Trinajstić information content (AvgIpc) is 2.47. The fourth-order valence-corrected chi connectivity index (χ4v) is 3.45. The van der Waals surface area contributed by atoms with E-state index in [4.69, 9.17) is 9.47 Å². The predicted molar refractivity (Wildman–Crippen MR) is 78.6 cm³/mol. The first-order valence-electron chi connectivity index (χ1n) is 7.06. The zero-order valence-electron chi connectivity index (χ0n) is 11.4. The molecule has 3 rings (SSSR count). The van der Waals surface area contributed by atoms with Crippen LogP contribution in [-0.4, -0.2) is 32.1 Å². The smallest absolute Gasteiger partial charge is 0.162 e. The third kappa shape index (κ3) is 3.00. The number of nitrogens with one attached hydrogen (secondary N) is 1. The summed E-state index contributed by atoms with van der Waals surface area (Å²) in [4.78, 5) is 1.32. The van der Waals surface area contributed by atoms with E-state index in [2.05, 4.69) is 23.7 Å². The number of piperidine rings is 1. The maximum absolute atomic E-state index is 5.70. The molecule has 0 saturated carbocycles. The molecule has 1 N–H and O–H groups in total. The second-order valence-corrected chi connectivity index (χ2v) is 6.01. The van der Waals surface area contributed by atoms with Gasteiger partial charge in [-0.3, -0.25) is 0 Å². The van der Waals surface area contributed by atoms with Crippen molar-refractivity contribution in [2.45, 2.75) is 36.6 Å². The maximum atomic E-state index is 5.70. The Hall–Kier alpha value is -0.870.